The van der Waals surface area contributed by atoms with Gasteiger partial charge in [-0.1, -0.05) is 0 Å². The predicted molar refractivity (Wildman–Crippen MR) is 61.9 cm³/mol. The second-order valence-electron chi connectivity index (χ2n) is 4.09. The summed E-state index contributed by atoms with van der Waals surface area (Å²) >= 11 is 1.69. The van der Waals surface area contributed by atoms with E-state index in [0.29, 0.717) is 18.9 Å². The van der Waals surface area contributed by atoms with E-state index in [4.69, 9.17) is 0 Å². The fourth-order valence-corrected chi connectivity index (χ4v) is 2.45. The van der Waals surface area contributed by atoms with E-state index in [0.717, 1.165) is 13.1 Å². The van der Waals surface area contributed by atoms with Crippen molar-refractivity contribution >= 4 is 17.2 Å². The van der Waals surface area contributed by atoms with Crippen LogP contribution in [0.2, 0.25) is 0 Å². The van der Waals surface area contributed by atoms with Gasteiger partial charge in [-0.15, -0.1) is 0 Å². The topological polar surface area (TPSA) is 41.1 Å². The molecule has 3 nitrogen and oxygen atoms in total. The largest absolute Gasteiger partial charge is 0.352 e. The molecule has 2 N–H and O–H groups in total. The first-order chi connectivity index (χ1) is 7.25. The van der Waals surface area contributed by atoms with Gasteiger partial charge in [-0.2, -0.15) is 11.3 Å². The average molecular weight is 224 g/mol. The highest BCUT2D eigenvalue weighted by molar-refractivity contribution is 7.08. The molecule has 4 heteroatoms. The molecule has 0 unspecified atom stereocenters. The van der Waals surface area contributed by atoms with Crippen molar-refractivity contribution in [2.45, 2.75) is 19.9 Å². The number of thiophene rings is 1. The minimum absolute atomic E-state index is 0.173. The normalized spacial score (nSPS) is 16.1. The van der Waals surface area contributed by atoms with Crippen molar-refractivity contribution in [3.05, 3.63) is 21.9 Å². The number of carbonyl (C=O) groups excluding carboxylic acids is 1. The molecule has 0 atom stereocenters. The molecule has 0 saturated carbocycles. The zero-order chi connectivity index (χ0) is 10.7. The minimum atomic E-state index is 0.173. The highest BCUT2D eigenvalue weighted by atomic mass is 32.1. The Morgan fingerprint density at radius 2 is 2.40 bits per heavy atom. The second kappa shape index (κ2) is 4.77. The fourth-order valence-electron chi connectivity index (χ4n) is 1.59. The van der Waals surface area contributed by atoms with Crippen molar-refractivity contribution in [1.82, 2.24) is 10.6 Å². The zero-order valence-corrected chi connectivity index (χ0v) is 9.69. The van der Waals surface area contributed by atoms with Crippen LogP contribution in [0.5, 0.6) is 0 Å². The molecule has 0 bridgehead atoms. The number of rotatable bonds is 4. The summed E-state index contributed by atoms with van der Waals surface area (Å²) in [6.07, 6.45) is 0.663. The Morgan fingerprint density at radius 1 is 1.60 bits per heavy atom. The molecule has 0 aromatic carbocycles. The van der Waals surface area contributed by atoms with Crippen LogP contribution in [-0.4, -0.2) is 19.0 Å². The maximum atomic E-state index is 11.5. The molecule has 1 saturated heterocycles. The van der Waals surface area contributed by atoms with E-state index in [1.165, 1.54) is 11.1 Å². The van der Waals surface area contributed by atoms with Crippen LogP contribution in [0.15, 0.2) is 10.8 Å². The van der Waals surface area contributed by atoms with Crippen LogP contribution >= 0.6 is 11.3 Å². The van der Waals surface area contributed by atoms with Gasteiger partial charge >= 0.3 is 0 Å². The third kappa shape index (κ3) is 2.79. The number of amides is 1. The van der Waals surface area contributed by atoms with E-state index in [1.807, 2.05) is 0 Å². The Kier molecular flexibility index (Phi) is 3.38. The van der Waals surface area contributed by atoms with Crippen LogP contribution in [0.1, 0.15) is 17.5 Å². The van der Waals surface area contributed by atoms with Gasteiger partial charge in [0.15, 0.2) is 0 Å². The molecule has 82 valence electrons. The molecule has 0 aliphatic carbocycles. The Bertz CT molecular complexity index is 344. The van der Waals surface area contributed by atoms with Crippen LogP contribution in [0.4, 0.5) is 0 Å². The van der Waals surface area contributed by atoms with Gasteiger partial charge in [0.25, 0.3) is 0 Å². The van der Waals surface area contributed by atoms with Gasteiger partial charge in [0, 0.05) is 13.0 Å². The van der Waals surface area contributed by atoms with Gasteiger partial charge in [-0.3, -0.25) is 4.79 Å². The van der Waals surface area contributed by atoms with E-state index in [1.54, 1.807) is 11.3 Å². The van der Waals surface area contributed by atoms with Gasteiger partial charge in [0.05, 0.1) is 0 Å². The molecule has 0 radical (unpaired) electrons. The van der Waals surface area contributed by atoms with Gasteiger partial charge in [0.1, 0.15) is 0 Å². The SMILES string of the molecule is Cc1cscc1CNC(=O)CC1CNC1. The number of nitrogens with one attached hydrogen (secondary N) is 2. The smallest absolute Gasteiger partial charge is 0.220 e. The quantitative estimate of drug-likeness (QED) is 0.809. The molecule has 1 aliphatic rings. The first-order valence-electron chi connectivity index (χ1n) is 5.25. The summed E-state index contributed by atoms with van der Waals surface area (Å²) in [7, 11) is 0. The number of aryl methyl sites for hydroxylation is 1. The van der Waals surface area contributed by atoms with Gasteiger partial charge in [0.2, 0.25) is 5.91 Å². The molecule has 2 rings (SSSR count). The summed E-state index contributed by atoms with van der Waals surface area (Å²) in [5, 5.41) is 10.3. The van der Waals surface area contributed by atoms with Crippen molar-refractivity contribution in [2.24, 2.45) is 5.92 Å². The van der Waals surface area contributed by atoms with E-state index < -0.39 is 0 Å². The molecular weight excluding hydrogens is 208 g/mol. The standard InChI is InChI=1S/C11H16N2OS/c1-8-6-15-7-10(8)5-13-11(14)2-9-3-12-4-9/h6-7,9,12H,2-5H2,1H3,(H,13,14). The molecule has 0 spiro atoms. The lowest BCUT2D eigenvalue weighted by Crippen LogP contribution is -2.44. The van der Waals surface area contributed by atoms with Gasteiger partial charge in [-0.05, 0) is 47.8 Å². The van der Waals surface area contributed by atoms with Crippen molar-refractivity contribution in [3.63, 3.8) is 0 Å². The number of hydrogen-bond acceptors (Lipinski definition) is 3. The average Bonchev–Trinajstić information content (AvgIpc) is 2.55. The number of carbonyl (C=O) groups is 1. The maximum absolute atomic E-state index is 11.5. The molecule has 1 fully saturated rings. The summed E-state index contributed by atoms with van der Waals surface area (Å²) in [5.74, 6) is 0.723. The van der Waals surface area contributed by atoms with Crippen LogP contribution in [0.25, 0.3) is 0 Å². The lowest BCUT2D eigenvalue weighted by Gasteiger charge is -2.26. The molecular formula is C11H16N2OS. The van der Waals surface area contributed by atoms with Crippen LogP contribution in [-0.2, 0) is 11.3 Å². The van der Waals surface area contributed by atoms with E-state index in [-0.39, 0.29) is 5.91 Å². The lowest BCUT2D eigenvalue weighted by molar-refractivity contribution is -0.122. The Labute approximate surface area is 93.9 Å². The fraction of sp³-hybridized carbons (Fsp3) is 0.545. The minimum Gasteiger partial charge on any atom is -0.352 e. The van der Waals surface area contributed by atoms with Crippen molar-refractivity contribution in [1.29, 1.82) is 0 Å². The van der Waals surface area contributed by atoms with Crippen LogP contribution in [0, 0.1) is 12.8 Å². The van der Waals surface area contributed by atoms with Gasteiger partial charge in [-0.25, -0.2) is 0 Å². The second-order valence-corrected chi connectivity index (χ2v) is 4.83. The van der Waals surface area contributed by atoms with E-state index in [9.17, 15) is 4.79 Å². The lowest BCUT2D eigenvalue weighted by atomic mass is 9.99. The molecule has 15 heavy (non-hydrogen) atoms. The maximum Gasteiger partial charge on any atom is 0.220 e. The predicted octanol–water partition coefficient (Wildman–Crippen LogP) is 1.28. The third-order valence-electron chi connectivity index (χ3n) is 2.78. The number of hydrogen-bond donors (Lipinski definition) is 2. The Morgan fingerprint density at radius 3 is 2.93 bits per heavy atom. The summed E-state index contributed by atoms with van der Waals surface area (Å²) in [6.45, 7) is 4.73. The van der Waals surface area contributed by atoms with Crippen LogP contribution in [0.3, 0.4) is 0 Å². The summed E-state index contributed by atoms with van der Waals surface area (Å²) in [5.41, 5.74) is 2.51. The van der Waals surface area contributed by atoms with Crippen LogP contribution < -0.4 is 10.6 Å². The zero-order valence-electron chi connectivity index (χ0n) is 8.88. The molecule has 1 aliphatic heterocycles. The monoisotopic (exact) mass is 224 g/mol. The summed E-state index contributed by atoms with van der Waals surface area (Å²) < 4.78 is 0. The van der Waals surface area contributed by atoms with E-state index >= 15 is 0 Å². The van der Waals surface area contributed by atoms with Crippen molar-refractivity contribution in [2.75, 3.05) is 13.1 Å². The third-order valence-corrected chi connectivity index (χ3v) is 3.69. The first-order valence-corrected chi connectivity index (χ1v) is 6.19. The summed E-state index contributed by atoms with van der Waals surface area (Å²) in [4.78, 5) is 11.5. The van der Waals surface area contributed by atoms with Crippen molar-refractivity contribution in [3.8, 4) is 0 Å². The first kappa shape index (κ1) is 10.6. The van der Waals surface area contributed by atoms with E-state index in [2.05, 4.69) is 28.3 Å². The van der Waals surface area contributed by atoms with Crippen molar-refractivity contribution < 1.29 is 4.79 Å². The van der Waals surface area contributed by atoms with Gasteiger partial charge < -0.3 is 10.6 Å². The highest BCUT2D eigenvalue weighted by Crippen LogP contribution is 2.13. The summed E-state index contributed by atoms with van der Waals surface area (Å²) in [6, 6.07) is 0. The Hall–Kier alpha value is -0.870. The molecule has 1 amide bonds. The molecule has 2 heterocycles. The highest BCUT2D eigenvalue weighted by Gasteiger charge is 2.19. The molecule has 1 aromatic rings. The molecule has 1 aromatic heterocycles. The Balaban J connectivity index is 1.73.